The Labute approximate surface area is 216 Å². The molecule has 4 nitrogen and oxygen atoms in total. The molecule has 0 unspecified atom stereocenters. The number of rotatable bonds is 7. The van der Waals surface area contributed by atoms with Gasteiger partial charge in [-0.05, 0) is 41.0 Å². The molecule has 0 saturated carbocycles. The molecule has 0 aliphatic rings. The summed E-state index contributed by atoms with van der Waals surface area (Å²) in [5.41, 5.74) is 6.72. The van der Waals surface area contributed by atoms with Crippen LogP contribution in [-0.2, 0) is 11.3 Å². The number of hydrogen-bond acceptors (Lipinski definition) is 2. The number of hydrogen-bond donors (Lipinski definition) is 1. The van der Waals surface area contributed by atoms with Gasteiger partial charge < -0.3 is 9.88 Å². The number of amides is 1. The molecule has 0 aliphatic carbocycles. The molecule has 37 heavy (non-hydrogen) atoms. The maximum absolute atomic E-state index is 13.0. The molecular formula is C33H25N3O. The maximum Gasteiger partial charge on any atom is 0.262 e. The molecule has 1 N–H and O–H groups in total. The summed E-state index contributed by atoms with van der Waals surface area (Å²) in [6.45, 7) is 0.352. The number of para-hydroxylation sites is 1. The third-order valence-electron chi connectivity index (χ3n) is 6.12. The predicted octanol–water partition coefficient (Wildman–Crippen LogP) is 7.03. The molecule has 0 spiro atoms. The smallest absolute Gasteiger partial charge is 0.262 e. The van der Waals surface area contributed by atoms with E-state index in [4.69, 9.17) is 0 Å². The molecule has 5 aromatic rings. The topological polar surface area (TPSA) is 57.8 Å². The average molecular weight is 480 g/mol. The summed E-state index contributed by atoms with van der Waals surface area (Å²) < 4.78 is 2.19. The molecule has 1 heterocycles. The predicted molar refractivity (Wildman–Crippen MR) is 149 cm³/mol. The molecule has 1 amide bonds. The van der Waals surface area contributed by atoms with E-state index in [1.807, 2.05) is 103 Å². The minimum absolute atomic E-state index is 0.0536. The van der Waals surface area contributed by atoms with Gasteiger partial charge in [-0.2, -0.15) is 5.26 Å². The largest absolute Gasteiger partial charge is 0.347 e. The Bertz CT molecular complexity index is 1560. The lowest BCUT2D eigenvalue weighted by atomic mass is 10.0. The Hall–Kier alpha value is -5.14. The van der Waals surface area contributed by atoms with Crippen LogP contribution >= 0.6 is 0 Å². The Morgan fingerprint density at radius 2 is 1.30 bits per heavy atom. The van der Waals surface area contributed by atoms with Gasteiger partial charge in [0.25, 0.3) is 5.91 Å². The summed E-state index contributed by atoms with van der Waals surface area (Å²) in [7, 11) is 0. The molecular weight excluding hydrogens is 454 g/mol. The van der Waals surface area contributed by atoms with Gasteiger partial charge in [0.1, 0.15) is 11.6 Å². The summed E-state index contributed by atoms with van der Waals surface area (Å²) in [6.07, 6.45) is 1.69. The van der Waals surface area contributed by atoms with Crippen molar-refractivity contribution in [2.45, 2.75) is 6.54 Å². The normalized spacial score (nSPS) is 11.1. The molecule has 0 saturated heterocycles. The Morgan fingerprint density at radius 1 is 0.757 bits per heavy atom. The number of benzene rings is 4. The van der Waals surface area contributed by atoms with E-state index >= 15 is 0 Å². The number of carbonyl (C=O) groups is 1. The van der Waals surface area contributed by atoms with Gasteiger partial charge in [0.15, 0.2) is 0 Å². The highest BCUT2D eigenvalue weighted by Crippen LogP contribution is 2.37. The van der Waals surface area contributed by atoms with Gasteiger partial charge >= 0.3 is 0 Å². The molecule has 0 fully saturated rings. The first-order chi connectivity index (χ1) is 18.2. The van der Waals surface area contributed by atoms with Gasteiger partial charge in [-0.1, -0.05) is 109 Å². The monoisotopic (exact) mass is 479 g/mol. The van der Waals surface area contributed by atoms with Gasteiger partial charge in [0.2, 0.25) is 0 Å². The SMILES string of the molecule is N#C/C(=C/c1cc(-c2ccccc2)n(-c2ccccc2)c1-c1ccccc1)C(=O)NCc1ccccc1. The van der Waals surface area contributed by atoms with Crippen LogP contribution in [0.15, 0.2) is 133 Å². The van der Waals surface area contributed by atoms with E-state index in [-0.39, 0.29) is 5.57 Å². The second-order valence-corrected chi connectivity index (χ2v) is 8.57. The van der Waals surface area contributed by atoms with Crippen molar-refractivity contribution in [3.05, 3.63) is 144 Å². The van der Waals surface area contributed by atoms with Crippen molar-refractivity contribution >= 4 is 12.0 Å². The fourth-order valence-corrected chi connectivity index (χ4v) is 4.38. The van der Waals surface area contributed by atoms with E-state index in [9.17, 15) is 10.1 Å². The molecule has 5 rings (SSSR count). The van der Waals surface area contributed by atoms with Crippen LogP contribution in [0.3, 0.4) is 0 Å². The molecule has 178 valence electrons. The van der Waals surface area contributed by atoms with Crippen LogP contribution in [0.4, 0.5) is 0 Å². The first-order valence-corrected chi connectivity index (χ1v) is 12.1. The second kappa shape index (κ2) is 11.1. The zero-order valence-corrected chi connectivity index (χ0v) is 20.2. The van der Waals surface area contributed by atoms with Crippen molar-refractivity contribution in [3.63, 3.8) is 0 Å². The van der Waals surface area contributed by atoms with Crippen LogP contribution in [0.5, 0.6) is 0 Å². The molecule has 4 aromatic carbocycles. The number of aromatic nitrogens is 1. The minimum Gasteiger partial charge on any atom is -0.347 e. The first-order valence-electron chi connectivity index (χ1n) is 12.1. The van der Waals surface area contributed by atoms with Crippen LogP contribution in [0.2, 0.25) is 0 Å². The van der Waals surface area contributed by atoms with Crippen molar-refractivity contribution in [2.24, 2.45) is 0 Å². The maximum atomic E-state index is 13.0. The zero-order valence-electron chi connectivity index (χ0n) is 20.2. The third kappa shape index (κ3) is 5.27. The number of nitriles is 1. The van der Waals surface area contributed by atoms with Crippen LogP contribution in [-0.4, -0.2) is 10.5 Å². The van der Waals surface area contributed by atoms with Crippen molar-refractivity contribution in [1.82, 2.24) is 9.88 Å². The van der Waals surface area contributed by atoms with Crippen molar-refractivity contribution in [2.75, 3.05) is 0 Å². The third-order valence-corrected chi connectivity index (χ3v) is 6.12. The van der Waals surface area contributed by atoms with Crippen LogP contribution in [0.25, 0.3) is 34.3 Å². The molecule has 0 atom stereocenters. The number of nitrogens with zero attached hydrogens (tertiary/aromatic N) is 2. The highest BCUT2D eigenvalue weighted by atomic mass is 16.1. The highest BCUT2D eigenvalue weighted by Gasteiger charge is 2.20. The second-order valence-electron chi connectivity index (χ2n) is 8.57. The van der Waals surface area contributed by atoms with Gasteiger partial charge in [-0.3, -0.25) is 4.79 Å². The van der Waals surface area contributed by atoms with Crippen LogP contribution < -0.4 is 5.32 Å². The summed E-state index contributed by atoms with van der Waals surface area (Å²) >= 11 is 0. The van der Waals surface area contributed by atoms with Gasteiger partial charge in [-0.25, -0.2) is 0 Å². The Morgan fingerprint density at radius 3 is 1.89 bits per heavy atom. The van der Waals surface area contributed by atoms with E-state index in [1.165, 1.54) is 0 Å². The van der Waals surface area contributed by atoms with E-state index in [2.05, 4.69) is 40.2 Å². The Kier molecular flexibility index (Phi) is 7.06. The summed E-state index contributed by atoms with van der Waals surface area (Å²) in [5.74, 6) is -0.404. The van der Waals surface area contributed by atoms with Crippen molar-refractivity contribution in [3.8, 4) is 34.3 Å². The molecule has 0 radical (unpaired) electrons. The highest BCUT2D eigenvalue weighted by molar-refractivity contribution is 6.02. The quantitative estimate of drug-likeness (QED) is 0.201. The van der Waals surface area contributed by atoms with Gasteiger partial charge in [0.05, 0.1) is 11.4 Å². The molecule has 4 heteroatoms. The van der Waals surface area contributed by atoms with Crippen LogP contribution in [0.1, 0.15) is 11.1 Å². The molecule has 0 bridgehead atoms. The zero-order chi connectivity index (χ0) is 25.5. The van der Waals surface area contributed by atoms with E-state index < -0.39 is 5.91 Å². The lowest BCUT2D eigenvalue weighted by molar-refractivity contribution is -0.117. The Balaban J connectivity index is 1.66. The summed E-state index contributed by atoms with van der Waals surface area (Å²) in [4.78, 5) is 13.0. The molecule has 1 aromatic heterocycles. The van der Waals surface area contributed by atoms with E-state index in [0.717, 1.165) is 39.3 Å². The van der Waals surface area contributed by atoms with Crippen LogP contribution in [0, 0.1) is 11.3 Å². The first kappa shape index (κ1) is 23.6. The molecule has 0 aliphatic heterocycles. The van der Waals surface area contributed by atoms with Gasteiger partial charge in [-0.15, -0.1) is 0 Å². The van der Waals surface area contributed by atoms with Crippen molar-refractivity contribution in [1.29, 1.82) is 5.26 Å². The lowest BCUT2D eigenvalue weighted by Gasteiger charge is -2.15. The standard InChI is InChI=1S/C33H25N3O/c34-23-29(33(37)35-24-25-13-5-1-6-14-25)21-28-22-31(26-15-7-2-8-16-26)36(30-19-11-4-12-20-30)32(28)27-17-9-3-10-18-27/h1-22H,24H2,(H,35,37)/b29-21-. The summed E-state index contributed by atoms with van der Waals surface area (Å²) in [5, 5.41) is 12.8. The number of nitrogens with one attached hydrogen (secondary N) is 1. The fourth-order valence-electron chi connectivity index (χ4n) is 4.38. The average Bonchev–Trinajstić information content (AvgIpc) is 3.35. The fraction of sp³-hybridized carbons (Fsp3) is 0.0303. The van der Waals surface area contributed by atoms with E-state index in [1.54, 1.807) is 6.08 Å². The van der Waals surface area contributed by atoms with Gasteiger partial charge in [0, 0.05) is 17.8 Å². The van der Waals surface area contributed by atoms with E-state index in [0.29, 0.717) is 6.54 Å². The number of carbonyl (C=O) groups excluding carboxylic acids is 1. The minimum atomic E-state index is -0.404. The summed E-state index contributed by atoms with van der Waals surface area (Å²) in [6, 6.07) is 44.1. The lowest BCUT2D eigenvalue weighted by Crippen LogP contribution is -2.23. The van der Waals surface area contributed by atoms with Crippen molar-refractivity contribution < 1.29 is 4.79 Å².